The molecular formula is C26H29N5O5. The van der Waals surface area contributed by atoms with Gasteiger partial charge in [-0.1, -0.05) is 18.2 Å². The number of morpholine rings is 2. The Hall–Kier alpha value is -3.60. The Bertz CT molecular complexity index is 1270. The van der Waals surface area contributed by atoms with Crippen molar-refractivity contribution in [1.29, 1.82) is 0 Å². The quantitative estimate of drug-likeness (QED) is 0.511. The van der Waals surface area contributed by atoms with E-state index in [2.05, 4.69) is 10.00 Å². The van der Waals surface area contributed by atoms with Crippen LogP contribution in [0.15, 0.2) is 59.7 Å². The van der Waals surface area contributed by atoms with Crippen molar-refractivity contribution in [3.05, 3.63) is 76.3 Å². The number of hydrogen-bond acceptors (Lipinski definition) is 7. The minimum absolute atomic E-state index is 0.210. The van der Waals surface area contributed by atoms with E-state index in [9.17, 15) is 14.4 Å². The van der Waals surface area contributed by atoms with Crippen molar-refractivity contribution in [3.63, 3.8) is 0 Å². The average Bonchev–Trinajstić information content (AvgIpc) is 3.38. The van der Waals surface area contributed by atoms with Gasteiger partial charge in [0.15, 0.2) is 0 Å². The molecule has 2 aliphatic rings. The Morgan fingerprint density at radius 2 is 1.53 bits per heavy atom. The number of aromatic nitrogens is 3. The largest absolute Gasteiger partial charge is 0.379 e. The summed E-state index contributed by atoms with van der Waals surface area (Å²) in [7, 11) is 0. The second kappa shape index (κ2) is 11.0. The predicted octanol–water partition coefficient (Wildman–Crippen LogP) is 1.20. The van der Waals surface area contributed by atoms with Gasteiger partial charge >= 0.3 is 0 Å². The average molecular weight is 492 g/mol. The van der Waals surface area contributed by atoms with Gasteiger partial charge in [0, 0.05) is 57.2 Å². The van der Waals surface area contributed by atoms with Gasteiger partial charge in [0.05, 0.1) is 37.6 Å². The summed E-state index contributed by atoms with van der Waals surface area (Å²) in [5.41, 5.74) is 0.911. The monoisotopic (exact) mass is 491 g/mol. The number of rotatable bonds is 6. The van der Waals surface area contributed by atoms with Gasteiger partial charge in [-0.3, -0.25) is 19.3 Å². The first-order valence-electron chi connectivity index (χ1n) is 12.2. The molecule has 188 valence electrons. The minimum Gasteiger partial charge on any atom is -0.379 e. The first-order chi connectivity index (χ1) is 17.6. The predicted molar refractivity (Wildman–Crippen MR) is 132 cm³/mol. The summed E-state index contributed by atoms with van der Waals surface area (Å²) in [6.07, 6.45) is 3.18. The molecule has 5 rings (SSSR count). The Kier molecular flexibility index (Phi) is 7.36. The lowest BCUT2D eigenvalue weighted by Crippen LogP contribution is -2.41. The van der Waals surface area contributed by atoms with E-state index >= 15 is 0 Å². The third kappa shape index (κ3) is 5.15. The first-order valence-corrected chi connectivity index (χ1v) is 12.2. The molecule has 0 radical (unpaired) electrons. The Morgan fingerprint density at radius 3 is 2.25 bits per heavy atom. The Balaban J connectivity index is 1.50. The van der Waals surface area contributed by atoms with Crippen LogP contribution in [0.5, 0.6) is 0 Å². The highest BCUT2D eigenvalue weighted by Gasteiger charge is 2.27. The third-order valence-corrected chi connectivity index (χ3v) is 6.51. The summed E-state index contributed by atoms with van der Waals surface area (Å²) >= 11 is 0. The van der Waals surface area contributed by atoms with Gasteiger partial charge in [-0.05, 0) is 24.3 Å². The zero-order chi connectivity index (χ0) is 24.9. The van der Waals surface area contributed by atoms with Crippen LogP contribution < -0.4 is 5.56 Å². The standard InChI is InChI=1S/C26H29N5O5/c32-24(20-5-2-1-3-6-20)31-19-22(26(34)30-13-17-36-18-14-30)23(27-31)21-7-4-8-29(25(21)33)10-9-28-11-15-35-16-12-28/h1-8,19H,9-18H2. The zero-order valence-corrected chi connectivity index (χ0v) is 20.0. The maximum atomic E-state index is 13.5. The lowest BCUT2D eigenvalue weighted by atomic mass is 10.1. The van der Waals surface area contributed by atoms with Crippen LogP contribution in [0.4, 0.5) is 0 Å². The van der Waals surface area contributed by atoms with Crippen LogP contribution in [0.2, 0.25) is 0 Å². The van der Waals surface area contributed by atoms with Crippen molar-refractivity contribution >= 4 is 11.8 Å². The van der Waals surface area contributed by atoms with Crippen molar-refractivity contribution in [3.8, 4) is 11.3 Å². The van der Waals surface area contributed by atoms with Gasteiger partial charge in [-0.15, -0.1) is 0 Å². The Labute approximate surface area is 208 Å². The summed E-state index contributed by atoms with van der Waals surface area (Å²) in [6.45, 7) is 6.02. The van der Waals surface area contributed by atoms with Crippen LogP contribution in [0.25, 0.3) is 11.3 Å². The molecule has 0 N–H and O–H groups in total. The molecule has 2 fully saturated rings. The number of benzene rings is 1. The molecule has 0 saturated carbocycles. The molecule has 3 aromatic rings. The normalized spacial score (nSPS) is 16.7. The number of pyridine rings is 1. The number of hydrogen-bond donors (Lipinski definition) is 0. The van der Waals surface area contributed by atoms with Crippen LogP contribution in [-0.4, -0.2) is 95.1 Å². The van der Waals surface area contributed by atoms with E-state index in [4.69, 9.17) is 9.47 Å². The van der Waals surface area contributed by atoms with Gasteiger partial charge < -0.3 is 18.9 Å². The van der Waals surface area contributed by atoms with Crippen LogP contribution in [0.1, 0.15) is 20.7 Å². The molecule has 0 atom stereocenters. The van der Waals surface area contributed by atoms with E-state index in [-0.39, 0.29) is 34.2 Å². The summed E-state index contributed by atoms with van der Waals surface area (Å²) in [6, 6.07) is 12.2. The molecular weight excluding hydrogens is 462 g/mol. The molecule has 0 aliphatic carbocycles. The van der Waals surface area contributed by atoms with Gasteiger partial charge in [-0.2, -0.15) is 5.10 Å². The van der Waals surface area contributed by atoms with Crippen molar-refractivity contribution in [2.75, 3.05) is 59.2 Å². The van der Waals surface area contributed by atoms with E-state index in [0.717, 1.165) is 17.8 Å². The van der Waals surface area contributed by atoms with Gasteiger partial charge in [0.2, 0.25) is 0 Å². The van der Waals surface area contributed by atoms with Crippen LogP contribution in [0, 0.1) is 0 Å². The highest BCUT2D eigenvalue weighted by molar-refractivity contribution is 6.02. The number of ether oxygens (including phenoxy) is 2. The van der Waals surface area contributed by atoms with E-state index in [1.54, 1.807) is 52.1 Å². The molecule has 2 aromatic heterocycles. The zero-order valence-electron chi connectivity index (χ0n) is 20.0. The summed E-state index contributed by atoms with van der Waals surface area (Å²) in [5, 5.41) is 4.47. The fraction of sp³-hybridized carbons (Fsp3) is 0.385. The van der Waals surface area contributed by atoms with Crippen molar-refractivity contribution < 1.29 is 19.1 Å². The lowest BCUT2D eigenvalue weighted by molar-refractivity contribution is 0.0303. The van der Waals surface area contributed by atoms with Crippen molar-refractivity contribution in [1.82, 2.24) is 24.1 Å². The van der Waals surface area contributed by atoms with Crippen LogP contribution in [0.3, 0.4) is 0 Å². The van der Waals surface area contributed by atoms with E-state index < -0.39 is 0 Å². The Morgan fingerprint density at radius 1 is 0.833 bits per heavy atom. The fourth-order valence-electron chi connectivity index (χ4n) is 4.45. The van der Waals surface area contributed by atoms with Gasteiger partial charge in [-0.25, -0.2) is 4.68 Å². The molecule has 0 spiro atoms. The molecule has 1 amide bonds. The minimum atomic E-state index is -0.374. The van der Waals surface area contributed by atoms with Crippen LogP contribution in [-0.2, 0) is 16.0 Å². The first kappa shape index (κ1) is 24.1. The number of carbonyl (C=O) groups is 2. The SMILES string of the molecule is O=C(c1cn(C(=O)c2ccccc2)nc1-c1cccn(CCN2CCOCC2)c1=O)N1CCOCC1. The second-order valence-corrected chi connectivity index (χ2v) is 8.79. The summed E-state index contributed by atoms with van der Waals surface area (Å²) < 4.78 is 13.6. The maximum Gasteiger partial charge on any atom is 0.278 e. The molecule has 1 aromatic carbocycles. The molecule has 10 heteroatoms. The molecule has 2 aliphatic heterocycles. The van der Waals surface area contributed by atoms with E-state index in [0.29, 0.717) is 58.2 Å². The van der Waals surface area contributed by atoms with Crippen LogP contribution >= 0.6 is 0 Å². The van der Waals surface area contributed by atoms with Crippen molar-refractivity contribution in [2.24, 2.45) is 0 Å². The topological polar surface area (TPSA) is 98.9 Å². The summed E-state index contributed by atoms with van der Waals surface area (Å²) in [4.78, 5) is 44.0. The molecule has 0 bridgehead atoms. The number of nitrogens with zero attached hydrogens (tertiary/aromatic N) is 5. The number of carbonyl (C=O) groups excluding carboxylic acids is 2. The smallest absolute Gasteiger partial charge is 0.278 e. The highest BCUT2D eigenvalue weighted by atomic mass is 16.5. The highest BCUT2D eigenvalue weighted by Crippen LogP contribution is 2.22. The van der Waals surface area contributed by atoms with Crippen molar-refractivity contribution in [2.45, 2.75) is 6.54 Å². The third-order valence-electron chi connectivity index (χ3n) is 6.51. The molecule has 0 unspecified atom stereocenters. The molecule has 36 heavy (non-hydrogen) atoms. The molecule has 10 nitrogen and oxygen atoms in total. The van der Waals surface area contributed by atoms with E-state index in [1.165, 1.54) is 6.20 Å². The number of amides is 1. The second-order valence-electron chi connectivity index (χ2n) is 8.79. The van der Waals surface area contributed by atoms with Gasteiger partial charge in [0.25, 0.3) is 17.4 Å². The molecule has 2 saturated heterocycles. The van der Waals surface area contributed by atoms with Gasteiger partial charge in [0.1, 0.15) is 5.69 Å². The maximum absolute atomic E-state index is 13.5. The summed E-state index contributed by atoms with van der Waals surface area (Å²) in [5.74, 6) is -0.648. The molecule has 4 heterocycles. The fourth-order valence-corrected chi connectivity index (χ4v) is 4.45. The van der Waals surface area contributed by atoms with E-state index in [1.807, 2.05) is 6.07 Å². The lowest BCUT2D eigenvalue weighted by Gasteiger charge is -2.27.